The van der Waals surface area contributed by atoms with Crippen molar-refractivity contribution < 1.29 is 9.90 Å². The summed E-state index contributed by atoms with van der Waals surface area (Å²) in [6.45, 7) is 3.21. The third kappa shape index (κ3) is 3.45. The fourth-order valence-corrected chi connectivity index (χ4v) is 3.07. The second-order valence-electron chi connectivity index (χ2n) is 5.19. The summed E-state index contributed by atoms with van der Waals surface area (Å²) in [5.41, 5.74) is 5.21. The maximum Gasteiger partial charge on any atom is 0.220 e. The number of anilines is 1. The number of β-amino-alcohol motifs (C(OH)–C–C–N with tert-alkyl or cyclic N) is 1. The highest BCUT2D eigenvalue weighted by atomic mass is 79.9. The summed E-state index contributed by atoms with van der Waals surface area (Å²) in [4.78, 5) is 17.5. The Kier molecular flexibility index (Phi) is 4.10. The summed E-state index contributed by atoms with van der Waals surface area (Å²) in [5, 5.41) is 10.4. The van der Waals surface area contributed by atoms with Gasteiger partial charge in [0.25, 0.3) is 0 Å². The van der Waals surface area contributed by atoms with Gasteiger partial charge in [0.2, 0.25) is 5.91 Å². The molecule has 1 unspecified atom stereocenters. The van der Waals surface area contributed by atoms with Crippen LogP contribution in [0.15, 0.2) is 16.7 Å². The Hall–Kier alpha value is -1.14. The summed E-state index contributed by atoms with van der Waals surface area (Å²) in [7, 11) is 0. The predicted molar refractivity (Wildman–Crippen MR) is 76.9 cm³/mol. The monoisotopic (exact) mass is 327 g/mol. The topological polar surface area (TPSA) is 79.4 Å². The molecule has 104 valence electrons. The number of aryl methyl sites for hydroxylation is 1. The molecule has 0 spiro atoms. The fraction of sp³-hybridized carbons (Fsp3) is 0.538. The lowest BCUT2D eigenvalue weighted by Gasteiger charge is -2.39. The summed E-state index contributed by atoms with van der Waals surface area (Å²) in [6, 6.07) is 1.99. The van der Waals surface area contributed by atoms with Crippen molar-refractivity contribution in [3.8, 4) is 0 Å². The maximum atomic E-state index is 11.0. The lowest BCUT2D eigenvalue weighted by atomic mass is 9.89. The number of rotatable bonds is 3. The van der Waals surface area contributed by atoms with Crippen LogP contribution in [-0.2, 0) is 4.79 Å². The van der Waals surface area contributed by atoms with Crippen LogP contribution in [-0.4, -0.2) is 34.7 Å². The number of halogens is 1. The van der Waals surface area contributed by atoms with Crippen LogP contribution in [0.5, 0.6) is 0 Å². The van der Waals surface area contributed by atoms with E-state index >= 15 is 0 Å². The zero-order valence-electron chi connectivity index (χ0n) is 10.9. The Balaban J connectivity index is 2.19. The molecule has 6 heteroatoms. The van der Waals surface area contributed by atoms with Gasteiger partial charge in [0.15, 0.2) is 0 Å². The van der Waals surface area contributed by atoms with Gasteiger partial charge in [-0.05, 0) is 47.3 Å². The number of hydrogen-bond acceptors (Lipinski definition) is 4. The van der Waals surface area contributed by atoms with Crippen molar-refractivity contribution in [3.05, 3.63) is 22.3 Å². The highest BCUT2D eigenvalue weighted by Gasteiger charge is 2.35. The number of hydrogen-bond donors (Lipinski definition) is 2. The molecule has 1 atom stereocenters. The number of piperidine rings is 1. The first-order chi connectivity index (χ1) is 8.89. The minimum atomic E-state index is -1.04. The molecule has 1 fully saturated rings. The molecular formula is C13H18BrN3O2. The van der Waals surface area contributed by atoms with Gasteiger partial charge in [-0.25, -0.2) is 4.98 Å². The van der Waals surface area contributed by atoms with E-state index in [1.54, 1.807) is 6.20 Å². The predicted octanol–water partition coefficient (Wildman–Crippen LogP) is 1.36. The molecule has 1 aliphatic heterocycles. The van der Waals surface area contributed by atoms with E-state index in [9.17, 15) is 9.90 Å². The molecule has 1 aromatic heterocycles. The number of amides is 1. The quantitative estimate of drug-likeness (QED) is 0.878. The molecule has 1 aromatic rings. The van der Waals surface area contributed by atoms with Crippen molar-refractivity contribution >= 4 is 27.7 Å². The summed E-state index contributed by atoms with van der Waals surface area (Å²) >= 11 is 3.38. The molecule has 5 nitrogen and oxygen atoms in total. The minimum Gasteiger partial charge on any atom is -0.388 e. The highest BCUT2D eigenvalue weighted by Crippen LogP contribution is 2.29. The first-order valence-corrected chi connectivity index (χ1v) is 7.07. The number of nitrogens with zero attached hydrogens (tertiary/aromatic N) is 2. The van der Waals surface area contributed by atoms with Crippen LogP contribution in [0.1, 0.15) is 24.8 Å². The van der Waals surface area contributed by atoms with Crippen LogP contribution in [0.2, 0.25) is 0 Å². The maximum absolute atomic E-state index is 11.0. The summed E-state index contributed by atoms with van der Waals surface area (Å²) in [6.07, 6.45) is 3.16. The van der Waals surface area contributed by atoms with E-state index in [0.29, 0.717) is 13.0 Å². The van der Waals surface area contributed by atoms with Crippen molar-refractivity contribution in [3.63, 3.8) is 0 Å². The second kappa shape index (κ2) is 5.46. The zero-order valence-corrected chi connectivity index (χ0v) is 12.5. The fourth-order valence-electron chi connectivity index (χ4n) is 2.63. The van der Waals surface area contributed by atoms with Crippen LogP contribution in [0.4, 0.5) is 5.82 Å². The molecule has 1 saturated heterocycles. The molecular weight excluding hydrogens is 310 g/mol. The van der Waals surface area contributed by atoms with E-state index in [1.165, 1.54) is 0 Å². The van der Waals surface area contributed by atoms with Gasteiger partial charge in [-0.2, -0.15) is 0 Å². The van der Waals surface area contributed by atoms with Gasteiger partial charge in [0.05, 0.1) is 12.0 Å². The Labute approximate surface area is 120 Å². The SMILES string of the molecule is Cc1cc(Br)cnc1N1CCCC(O)(CC(N)=O)C1. The molecule has 1 aliphatic rings. The van der Waals surface area contributed by atoms with Gasteiger partial charge in [-0.1, -0.05) is 0 Å². The van der Waals surface area contributed by atoms with Gasteiger partial charge in [-0.15, -0.1) is 0 Å². The van der Waals surface area contributed by atoms with E-state index < -0.39 is 11.5 Å². The molecule has 3 N–H and O–H groups in total. The average Bonchev–Trinajstić information content (AvgIpc) is 2.26. The molecule has 0 aliphatic carbocycles. The van der Waals surface area contributed by atoms with Crippen molar-refractivity contribution in [1.82, 2.24) is 4.98 Å². The van der Waals surface area contributed by atoms with E-state index in [-0.39, 0.29) is 6.42 Å². The Morgan fingerprint density at radius 3 is 3.05 bits per heavy atom. The first-order valence-electron chi connectivity index (χ1n) is 6.27. The van der Waals surface area contributed by atoms with Crippen LogP contribution in [0.3, 0.4) is 0 Å². The van der Waals surface area contributed by atoms with Crippen LogP contribution in [0, 0.1) is 6.92 Å². The molecule has 0 radical (unpaired) electrons. The Morgan fingerprint density at radius 1 is 1.68 bits per heavy atom. The van der Waals surface area contributed by atoms with E-state index in [2.05, 4.69) is 20.9 Å². The Morgan fingerprint density at radius 2 is 2.42 bits per heavy atom. The number of pyridine rings is 1. The number of aliphatic hydroxyl groups is 1. The first kappa shape index (κ1) is 14.3. The molecule has 0 bridgehead atoms. The standard InChI is InChI=1S/C13H18BrN3O2/c1-9-5-10(14)7-16-12(9)17-4-2-3-13(19,8-17)6-11(15)18/h5,7,19H,2-4,6,8H2,1H3,(H2,15,18). The van der Waals surface area contributed by atoms with Gasteiger partial charge < -0.3 is 15.7 Å². The summed E-state index contributed by atoms with van der Waals surface area (Å²) in [5.74, 6) is 0.385. The van der Waals surface area contributed by atoms with E-state index in [0.717, 1.165) is 28.8 Å². The molecule has 1 amide bonds. The molecule has 2 heterocycles. The van der Waals surface area contributed by atoms with E-state index in [4.69, 9.17) is 5.73 Å². The van der Waals surface area contributed by atoms with Crippen molar-refractivity contribution in [1.29, 1.82) is 0 Å². The molecule has 0 saturated carbocycles. The smallest absolute Gasteiger partial charge is 0.220 e. The van der Waals surface area contributed by atoms with Crippen molar-refractivity contribution in [2.45, 2.75) is 31.8 Å². The Bertz CT molecular complexity index is 495. The van der Waals surface area contributed by atoms with E-state index in [1.807, 2.05) is 17.9 Å². The minimum absolute atomic E-state index is 0.000917. The summed E-state index contributed by atoms with van der Waals surface area (Å²) < 4.78 is 0.929. The largest absolute Gasteiger partial charge is 0.388 e. The van der Waals surface area contributed by atoms with Gasteiger partial charge in [0.1, 0.15) is 5.82 Å². The van der Waals surface area contributed by atoms with Gasteiger partial charge in [0, 0.05) is 23.8 Å². The van der Waals surface area contributed by atoms with Gasteiger partial charge in [-0.3, -0.25) is 4.79 Å². The lowest BCUT2D eigenvalue weighted by molar-refractivity contribution is -0.123. The third-order valence-electron chi connectivity index (χ3n) is 3.38. The van der Waals surface area contributed by atoms with Gasteiger partial charge >= 0.3 is 0 Å². The van der Waals surface area contributed by atoms with Crippen LogP contribution < -0.4 is 10.6 Å². The normalized spacial score (nSPS) is 23.4. The van der Waals surface area contributed by atoms with Crippen LogP contribution >= 0.6 is 15.9 Å². The van der Waals surface area contributed by atoms with Crippen molar-refractivity contribution in [2.24, 2.45) is 5.73 Å². The van der Waals surface area contributed by atoms with Crippen LogP contribution in [0.25, 0.3) is 0 Å². The number of primary amides is 1. The number of carbonyl (C=O) groups is 1. The zero-order chi connectivity index (χ0) is 14.0. The second-order valence-corrected chi connectivity index (χ2v) is 6.10. The number of nitrogens with two attached hydrogens (primary N) is 1. The molecule has 19 heavy (non-hydrogen) atoms. The lowest BCUT2D eigenvalue weighted by Crippen LogP contribution is -2.50. The third-order valence-corrected chi connectivity index (χ3v) is 3.81. The van der Waals surface area contributed by atoms with Crippen molar-refractivity contribution in [2.75, 3.05) is 18.0 Å². The molecule has 0 aromatic carbocycles. The number of aromatic nitrogens is 1. The average molecular weight is 328 g/mol. The highest BCUT2D eigenvalue weighted by molar-refractivity contribution is 9.10. The molecule has 2 rings (SSSR count). The number of carbonyl (C=O) groups excluding carboxylic acids is 1.